The fraction of sp³-hybridized carbons (Fsp3) is 0.294. The normalized spacial score (nSPS) is 19.3. The van der Waals surface area contributed by atoms with Gasteiger partial charge in [-0.1, -0.05) is 24.3 Å². The van der Waals surface area contributed by atoms with Crippen LogP contribution in [0.4, 0.5) is 8.78 Å². The van der Waals surface area contributed by atoms with E-state index in [-0.39, 0.29) is 54.9 Å². The highest BCUT2D eigenvalue weighted by Crippen LogP contribution is 2.35. The summed E-state index contributed by atoms with van der Waals surface area (Å²) in [6, 6.07) is 8.71. The highest BCUT2D eigenvalue weighted by atomic mass is 35.5. The van der Waals surface area contributed by atoms with Gasteiger partial charge in [-0.2, -0.15) is 5.10 Å². The van der Waals surface area contributed by atoms with Crippen LogP contribution in [0.5, 0.6) is 0 Å². The standard InChI is InChI=1S/C17H16F2N4O3.ClH/c18-16(19)17(9-26-8-14(20)21-17)11-3-1-2-10(6-11)7-13(24)12-4-5-15(25)23-22-12;/h1-6,16H,7-9H2,(H2,20,21)(H,23,25);1H. The first-order valence-electron chi connectivity index (χ1n) is 7.79. The van der Waals surface area contributed by atoms with Crippen LogP contribution in [-0.2, 0) is 16.7 Å². The van der Waals surface area contributed by atoms with Crippen LogP contribution in [0, 0.1) is 0 Å². The number of aromatic nitrogens is 2. The summed E-state index contributed by atoms with van der Waals surface area (Å²) in [5, 5.41) is 5.85. The second-order valence-electron chi connectivity index (χ2n) is 5.93. The van der Waals surface area contributed by atoms with Gasteiger partial charge in [0.05, 0.1) is 6.61 Å². The minimum Gasteiger partial charge on any atom is -0.385 e. The molecule has 0 aliphatic carbocycles. The van der Waals surface area contributed by atoms with E-state index in [0.717, 1.165) is 0 Å². The van der Waals surface area contributed by atoms with Gasteiger partial charge in [0.15, 0.2) is 11.3 Å². The first-order chi connectivity index (χ1) is 12.4. The molecule has 0 bridgehead atoms. The van der Waals surface area contributed by atoms with Gasteiger partial charge in [0.1, 0.15) is 18.1 Å². The lowest BCUT2D eigenvalue weighted by Crippen LogP contribution is -2.44. The average Bonchev–Trinajstić information content (AvgIpc) is 2.62. The zero-order chi connectivity index (χ0) is 18.7. The molecule has 2 heterocycles. The van der Waals surface area contributed by atoms with E-state index in [4.69, 9.17) is 10.5 Å². The first kappa shape index (κ1) is 20.7. The summed E-state index contributed by atoms with van der Waals surface area (Å²) in [4.78, 5) is 27.2. The Hall–Kier alpha value is -2.65. The fourth-order valence-electron chi connectivity index (χ4n) is 2.74. The summed E-state index contributed by atoms with van der Waals surface area (Å²) in [6.07, 6.45) is -2.89. The monoisotopic (exact) mass is 398 g/mol. The molecule has 0 saturated heterocycles. The minimum atomic E-state index is -2.83. The zero-order valence-corrected chi connectivity index (χ0v) is 14.8. The molecule has 0 fully saturated rings. The summed E-state index contributed by atoms with van der Waals surface area (Å²) < 4.78 is 32.7. The molecular formula is C17H17ClF2N4O3. The van der Waals surface area contributed by atoms with Crippen LogP contribution in [0.25, 0.3) is 0 Å². The van der Waals surface area contributed by atoms with Gasteiger partial charge in [-0.25, -0.2) is 13.9 Å². The SMILES string of the molecule is Cl.NC1=NC(c2cccc(CC(=O)c3ccc(=O)[nH]n3)c2)(C(F)F)COC1. The van der Waals surface area contributed by atoms with E-state index in [2.05, 4.69) is 15.2 Å². The number of H-pyrrole nitrogens is 1. The number of carbonyl (C=O) groups excluding carboxylic acids is 1. The summed E-state index contributed by atoms with van der Waals surface area (Å²) in [6.45, 7) is -0.297. The number of amidine groups is 1. The highest BCUT2D eigenvalue weighted by Gasteiger charge is 2.44. The molecule has 0 saturated carbocycles. The zero-order valence-electron chi connectivity index (χ0n) is 14.0. The average molecular weight is 399 g/mol. The van der Waals surface area contributed by atoms with Crippen LogP contribution in [0.2, 0.25) is 0 Å². The van der Waals surface area contributed by atoms with Gasteiger partial charge in [-0.05, 0) is 17.2 Å². The molecule has 7 nitrogen and oxygen atoms in total. The Kier molecular flexibility index (Phi) is 6.40. The number of aromatic amines is 1. The van der Waals surface area contributed by atoms with Gasteiger partial charge in [-0.3, -0.25) is 14.6 Å². The highest BCUT2D eigenvalue weighted by molar-refractivity contribution is 5.95. The van der Waals surface area contributed by atoms with Gasteiger partial charge < -0.3 is 10.5 Å². The molecule has 1 aliphatic heterocycles. The van der Waals surface area contributed by atoms with Crippen molar-refractivity contribution in [2.24, 2.45) is 10.7 Å². The Morgan fingerprint density at radius 2 is 2.11 bits per heavy atom. The number of hydrogen-bond acceptors (Lipinski definition) is 6. The van der Waals surface area contributed by atoms with Gasteiger partial charge >= 0.3 is 0 Å². The van der Waals surface area contributed by atoms with Crippen LogP contribution >= 0.6 is 12.4 Å². The van der Waals surface area contributed by atoms with Crippen molar-refractivity contribution in [3.63, 3.8) is 0 Å². The minimum absolute atomic E-state index is 0. The van der Waals surface area contributed by atoms with Crippen molar-refractivity contribution in [2.45, 2.75) is 18.4 Å². The molecule has 0 amide bonds. The number of carbonyl (C=O) groups is 1. The van der Waals surface area contributed by atoms with E-state index < -0.39 is 17.5 Å². The number of alkyl halides is 2. The number of halogens is 3. The lowest BCUT2D eigenvalue weighted by atomic mass is 9.89. The molecule has 27 heavy (non-hydrogen) atoms. The maximum atomic E-state index is 13.8. The number of nitrogens with zero attached hydrogens (tertiary/aromatic N) is 2. The molecule has 1 unspecified atom stereocenters. The van der Waals surface area contributed by atoms with Crippen molar-refractivity contribution >= 4 is 24.0 Å². The van der Waals surface area contributed by atoms with Gasteiger partial charge in [0.2, 0.25) is 0 Å². The predicted molar refractivity (Wildman–Crippen MR) is 96.7 cm³/mol. The molecule has 144 valence electrons. The van der Waals surface area contributed by atoms with Crippen molar-refractivity contribution in [1.82, 2.24) is 10.2 Å². The summed E-state index contributed by atoms with van der Waals surface area (Å²) in [7, 11) is 0. The number of benzene rings is 1. The van der Waals surface area contributed by atoms with E-state index >= 15 is 0 Å². The largest absolute Gasteiger partial charge is 0.385 e. The van der Waals surface area contributed by atoms with Crippen LogP contribution < -0.4 is 11.3 Å². The molecule has 1 aliphatic rings. The molecular weight excluding hydrogens is 382 g/mol. The van der Waals surface area contributed by atoms with Crippen molar-refractivity contribution in [3.05, 3.63) is 63.6 Å². The van der Waals surface area contributed by atoms with Crippen molar-refractivity contribution in [2.75, 3.05) is 13.2 Å². The Morgan fingerprint density at radius 3 is 2.74 bits per heavy atom. The molecule has 10 heteroatoms. The Labute approximate surface area is 159 Å². The molecule has 2 aromatic rings. The topological polar surface area (TPSA) is 110 Å². The van der Waals surface area contributed by atoms with Crippen molar-refractivity contribution in [1.29, 1.82) is 0 Å². The maximum Gasteiger partial charge on any atom is 0.269 e. The Morgan fingerprint density at radius 1 is 1.33 bits per heavy atom. The van der Waals surface area contributed by atoms with Gasteiger partial charge in [0.25, 0.3) is 12.0 Å². The predicted octanol–water partition coefficient (Wildman–Crippen LogP) is 1.46. The van der Waals surface area contributed by atoms with Crippen molar-refractivity contribution < 1.29 is 18.3 Å². The molecule has 0 radical (unpaired) electrons. The number of nitrogens with one attached hydrogen (secondary N) is 1. The second-order valence-corrected chi connectivity index (χ2v) is 5.93. The molecule has 3 N–H and O–H groups in total. The molecule has 1 aromatic carbocycles. The number of ketones is 1. The third-order valence-electron chi connectivity index (χ3n) is 4.03. The lowest BCUT2D eigenvalue weighted by Gasteiger charge is -2.33. The lowest BCUT2D eigenvalue weighted by molar-refractivity contribution is -0.0129. The van der Waals surface area contributed by atoms with Gasteiger partial charge in [0, 0.05) is 12.5 Å². The molecule has 1 atom stereocenters. The number of nitrogens with two attached hydrogens (primary N) is 1. The molecule has 1 aromatic heterocycles. The number of ether oxygens (including phenoxy) is 1. The number of aliphatic imine (C=N–C) groups is 1. The molecule has 3 rings (SSSR count). The number of hydrogen-bond donors (Lipinski definition) is 2. The Balaban J connectivity index is 0.00000261. The van der Waals surface area contributed by atoms with Crippen LogP contribution in [0.3, 0.4) is 0 Å². The van der Waals surface area contributed by atoms with Crippen LogP contribution in [0.1, 0.15) is 21.6 Å². The summed E-state index contributed by atoms with van der Waals surface area (Å²) >= 11 is 0. The fourth-order valence-corrected chi connectivity index (χ4v) is 2.74. The van der Waals surface area contributed by atoms with Crippen LogP contribution in [0.15, 0.2) is 46.2 Å². The van der Waals surface area contributed by atoms with E-state index in [1.165, 1.54) is 24.3 Å². The number of Topliss-reactive ketones (excluding diaryl/α,β-unsaturated/α-hetero) is 1. The summed E-state index contributed by atoms with van der Waals surface area (Å²) in [5.74, 6) is -0.358. The smallest absolute Gasteiger partial charge is 0.269 e. The third-order valence-corrected chi connectivity index (χ3v) is 4.03. The van der Waals surface area contributed by atoms with E-state index in [1.54, 1.807) is 12.1 Å². The van der Waals surface area contributed by atoms with E-state index in [9.17, 15) is 18.4 Å². The maximum absolute atomic E-state index is 13.8. The number of rotatable bonds is 5. The summed E-state index contributed by atoms with van der Waals surface area (Å²) in [5.41, 5.74) is 4.10. The first-order valence-corrected chi connectivity index (χ1v) is 7.79. The molecule has 0 spiro atoms. The van der Waals surface area contributed by atoms with E-state index in [1.807, 2.05) is 0 Å². The van der Waals surface area contributed by atoms with Gasteiger partial charge in [-0.15, -0.1) is 12.4 Å². The Bertz CT molecular complexity index is 899. The quantitative estimate of drug-likeness (QED) is 0.741. The van der Waals surface area contributed by atoms with E-state index in [0.29, 0.717) is 5.56 Å². The van der Waals surface area contributed by atoms with Crippen molar-refractivity contribution in [3.8, 4) is 0 Å². The second kappa shape index (κ2) is 8.36. The van der Waals surface area contributed by atoms with Crippen LogP contribution in [-0.4, -0.2) is 41.5 Å². The third kappa shape index (κ3) is 4.37.